The number of amides is 1. The average Bonchev–Trinajstić information content (AvgIpc) is 3.51. The van der Waals surface area contributed by atoms with Crippen molar-refractivity contribution in [3.8, 4) is 5.75 Å². The monoisotopic (exact) mass is 598 g/mol. The highest BCUT2D eigenvalue weighted by Gasteiger charge is 2.48. The summed E-state index contributed by atoms with van der Waals surface area (Å²) in [5, 5.41) is 11.5. The molecule has 43 heavy (non-hydrogen) atoms. The van der Waals surface area contributed by atoms with Gasteiger partial charge >= 0.3 is 11.9 Å². The molecular weight excluding hydrogens is 571 g/mol. The van der Waals surface area contributed by atoms with Crippen molar-refractivity contribution in [3.63, 3.8) is 0 Å². The quantitative estimate of drug-likeness (QED) is 0.0776. The van der Waals surface area contributed by atoms with Crippen molar-refractivity contribution in [3.05, 3.63) is 130 Å². The summed E-state index contributed by atoms with van der Waals surface area (Å²) in [5.74, 6) is -2.88. The van der Waals surface area contributed by atoms with Gasteiger partial charge in [0.15, 0.2) is 5.13 Å². The third-order valence-electron chi connectivity index (χ3n) is 6.82. The first kappa shape index (κ1) is 29.4. The van der Waals surface area contributed by atoms with E-state index in [9.17, 15) is 23.9 Å². The number of benzene rings is 3. The van der Waals surface area contributed by atoms with E-state index in [1.54, 1.807) is 32.0 Å². The van der Waals surface area contributed by atoms with E-state index in [2.05, 4.69) is 11.6 Å². The number of carbonyl (C=O) groups is 3. The van der Waals surface area contributed by atoms with Crippen LogP contribution in [-0.2, 0) is 20.9 Å². The zero-order valence-corrected chi connectivity index (χ0v) is 24.2. The summed E-state index contributed by atoms with van der Waals surface area (Å²) in [6.45, 7) is 7.24. The van der Waals surface area contributed by atoms with Gasteiger partial charge < -0.3 is 14.6 Å². The van der Waals surface area contributed by atoms with E-state index in [1.165, 1.54) is 30.3 Å². The third-order valence-corrected chi connectivity index (χ3v) is 7.96. The molecule has 1 fully saturated rings. The summed E-state index contributed by atoms with van der Waals surface area (Å²) in [6, 6.07) is 18.7. The Morgan fingerprint density at radius 2 is 1.81 bits per heavy atom. The minimum Gasteiger partial charge on any atom is -0.507 e. The van der Waals surface area contributed by atoms with Crippen LogP contribution in [0.25, 0.3) is 5.76 Å². The van der Waals surface area contributed by atoms with Crippen molar-refractivity contribution in [2.24, 2.45) is 0 Å². The Bertz CT molecular complexity index is 1750. The number of carbonyl (C=O) groups excluding carboxylic acids is 3. The first-order valence-corrected chi connectivity index (χ1v) is 14.1. The van der Waals surface area contributed by atoms with Crippen LogP contribution in [-0.4, -0.2) is 34.4 Å². The number of aliphatic hydroxyl groups is 1. The predicted octanol–water partition coefficient (Wildman–Crippen LogP) is 6.45. The van der Waals surface area contributed by atoms with Gasteiger partial charge in [-0.25, -0.2) is 14.2 Å². The maximum atomic E-state index is 13.9. The molecule has 3 aromatic carbocycles. The first-order valence-electron chi connectivity index (χ1n) is 13.3. The van der Waals surface area contributed by atoms with Gasteiger partial charge in [-0.2, -0.15) is 0 Å². The molecule has 8 nitrogen and oxygen atoms in total. The van der Waals surface area contributed by atoms with Crippen LogP contribution in [0.2, 0.25) is 0 Å². The molecule has 2 heterocycles. The van der Waals surface area contributed by atoms with Crippen LogP contribution >= 0.6 is 11.3 Å². The summed E-state index contributed by atoms with van der Waals surface area (Å²) in [7, 11) is 0. The van der Waals surface area contributed by atoms with Crippen LogP contribution < -0.4 is 9.64 Å². The number of anilines is 1. The molecule has 1 saturated heterocycles. The average molecular weight is 599 g/mol. The number of nitrogens with zero attached hydrogens (tertiary/aromatic N) is 2. The van der Waals surface area contributed by atoms with E-state index >= 15 is 0 Å². The molecule has 0 unspecified atom stereocenters. The maximum Gasteiger partial charge on any atom is 0.350 e. The number of rotatable bonds is 9. The number of aryl methyl sites for hydroxylation is 2. The Kier molecular flexibility index (Phi) is 8.49. The highest BCUT2D eigenvalue weighted by molar-refractivity contribution is 7.17. The Morgan fingerprint density at radius 3 is 2.49 bits per heavy atom. The lowest BCUT2D eigenvalue weighted by molar-refractivity contribution is -0.132. The van der Waals surface area contributed by atoms with Gasteiger partial charge in [-0.3, -0.25) is 14.5 Å². The molecule has 0 aliphatic carbocycles. The Labute approximate surface area is 251 Å². The van der Waals surface area contributed by atoms with Crippen LogP contribution in [0, 0.1) is 19.7 Å². The number of ether oxygens (including phenoxy) is 2. The van der Waals surface area contributed by atoms with Gasteiger partial charge in [0.2, 0.25) is 0 Å². The number of hydrogen-bond acceptors (Lipinski definition) is 8. The summed E-state index contributed by atoms with van der Waals surface area (Å²) in [4.78, 5) is 45.2. The van der Waals surface area contributed by atoms with Crippen LogP contribution in [0.1, 0.15) is 43.7 Å². The molecule has 1 aliphatic rings. The normalized spacial score (nSPS) is 15.9. The molecule has 0 bridgehead atoms. The number of aromatic nitrogens is 1. The number of ketones is 1. The van der Waals surface area contributed by atoms with Crippen LogP contribution in [0.4, 0.5) is 9.52 Å². The van der Waals surface area contributed by atoms with Gasteiger partial charge in [0, 0.05) is 5.56 Å². The van der Waals surface area contributed by atoms with E-state index < -0.39 is 35.3 Å². The molecule has 1 amide bonds. The molecule has 1 N–H and O–H groups in total. The number of hydrogen-bond donors (Lipinski definition) is 1. The molecular formula is C33H27FN2O6S. The topological polar surface area (TPSA) is 106 Å². The standard InChI is InChI=1S/C33H27FN2O6S/c1-4-16-41-32(40)30-20(3)35-33(43-30)36-27(22-10-13-24(34)14-11-22)26(29(38)31(36)39)28(37)23-12-15-25(19(2)17-23)42-18-21-8-6-5-7-9-21/h4-15,17,27,37H,1,16,18H2,2-3H3/t27-/m0/s1. The van der Waals surface area contributed by atoms with Crippen molar-refractivity contribution in [2.75, 3.05) is 11.5 Å². The van der Waals surface area contributed by atoms with Crippen LogP contribution in [0.15, 0.2) is 91.0 Å². The molecule has 0 radical (unpaired) electrons. The minimum absolute atomic E-state index is 0.0128. The number of aliphatic hydroxyl groups excluding tert-OH is 1. The fourth-order valence-corrected chi connectivity index (χ4v) is 5.70. The SMILES string of the molecule is C=CCOC(=O)c1sc(N2C(=O)C(=O)C(=C(O)c3ccc(OCc4ccccc4)c(C)c3)[C@@H]2c2ccc(F)cc2)nc1C. The molecule has 0 spiro atoms. The molecule has 1 aliphatic heterocycles. The zero-order chi connectivity index (χ0) is 30.7. The number of Topliss-reactive ketones (excluding diaryl/α,β-unsaturated/α-hetero) is 1. The van der Waals surface area contributed by atoms with Crippen LogP contribution in [0.5, 0.6) is 5.75 Å². The second-order valence-electron chi connectivity index (χ2n) is 9.77. The number of halogens is 1. The lowest BCUT2D eigenvalue weighted by Gasteiger charge is -2.23. The molecule has 0 saturated carbocycles. The fraction of sp³-hybridized carbons (Fsp3) is 0.152. The summed E-state index contributed by atoms with van der Waals surface area (Å²) >= 11 is 0.878. The largest absolute Gasteiger partial charge is 0.507 e. The van der Waals surface area contributed by atoms with Crippen molar-refractivity contribution in [1.29, 1.82) is 0 Å². The second-order valence-corrected chi connectivity index (χ2v) is 10.8. The van der Waals surface area contributed by atoms with Crippen molar-refractivity contribution in [1.82, 2.24) is 4.98 Å². The Hall–Kier alpha value is -5.09. The summed E-state index contributed by atoms with van der Waals surface area (Å²) < 4.78 is 25.0. The zero-order valence-electron chi connectivity index (χ0n) is 23.4. The summed E-state index contributed by atoms with van der Waals surface area (Å²) in [6.07, 6.45) is 1.42. The second kappa shape index (κ2) is 12.4. The molecule has 10 heteroatoms. The van der Waals surface area contributed by atoms with Crippen molar-refractivity contribution < 1.29 is 33.4 Å². The van der Waals surface area contributed by atoms with Gasteiger partial charge in [0.25, 0.3) is 5.78 Å². The molecule has 4 aromatic rings. The van der Waals surface area contributed by atoms with Crippen LogP contribution in [0.3, 0.4) is 0 Å². The molecule has 5 rings (SSSR count). The van der Waals surface area contributed by atoms with Gasteiger partial charge in [-0.05, 0) is 60.9 Å². The summed E-state index contributed by atoms with van der Waals surface area (Å²) in [5.41, 5.74) is 2.45. The number of esters is 1. The smallest absolute Gasteiger partial charge is 0.350 e. The van der Waals surface area contributed by atoms with E-state index in [1.807, 2.05) is 30.3 Å². The Balaban J connectivity index is 1.55. The highest BCUT2D eigenvalue weighted by atomic mass is 32.1. The minimum atomic E-state index is -1.14. The van der Waals surface area contributed by atoms with Crippen molar-refractivity contribution >= 4 is 39.9 Å². The molecule has 218 valence electrons. The fourth-order valence-electron chi connectivity index (χ4n) is 4.71. The van der Waals surface area contributed by atoms with E-state index in [-0.39, 0.29) is 22.2 Å². The molecule has 1 aromatic heterocycles. The van der Waals surface area contributed by atoms with Gasteiger partial charge in [0.1, 0.15) is 35.4 Å². The lowest BCUT2D eigenvalue weighted by Crippen LogP contribution is -2.29. The van der Waals surface area contributed by atoms with Crippen molar-refractivity contribution in [2.45, 2.75) is 26.5 Å². The van der Waals surface area contributed by atoms with E-state index in [4.69, 9.17) is 9.47 Å². The molecule has 1 atom stereocenters. The van der Waals surface area contributed by atoms with E-state index in [0.717, 1.165) is 21.8 Å². The third kappa shape index (κ3) is 5.96. The maximum absolute atomic E-state index is 13.9. The van der Waals surface area contributed by atoms with E-state index in [0.29, 0.717) is 34.7 Å². The predicted molar refractivity (Wildman–Crippen MR) is 160 cm³/mol. The number of thiazole rings is 1. The highest BCUT2D eigenvalue weighted by Crippen LogP contribution is 2.44. The Morgan fingerprint density at radius 1 is 1.09 bits per heavy atom. The first-order chi connectivity index (χ1) is 20.7. The van der Waals surface area contributed by atoms with Gasteiger partial charge in [-0.1, -0.05) is 66.5 Å². The lowest BCUT2D eigenvalue weighted by atomic mass is 9.95. The van der Waals surface area contributed by atoms with Gasteiger partial charge in [-0.15, -0.1) is 0 Å². The van der Waals surface area contributed by atoms with Gasteiger partial charge in [0.05, 0.1) is 17.3 Å².